The molecule has 4 aromatic rings. The van der Waals surface area contributed by atoms with Gasteiger partial charge in [-0.25, -0.2) is 9.50 Å². The minimum atomic E-state index is 0.0570. The molecule has 27 heavy (non-hydrogen) atoms. The lowest BCUT2D eigenvalue weighted by molar-refractivity contribution is 0.101. The molecule has 2 aromatic heterocycles. The van der Waals surface area contributed by atoms with E-state index in [1.807, 2.05) is 71.2 Å². The number of aromatic nitrogens is 3. The molecule has 2 aromatic carbocycles. The zero-order valence-electron chi connectivity index (χ0n) is 15.2. The van der Waals surface area contributed by atoms with Crippen LogP contribution in [0.15, 0.2) is 66.7 Å². The molecule has 5 nitrogen and oxygen atoms in total. The molecule has 0 N–H and O–H groups in total. The van der Waals surface area contributed by atoms with Crippen LogP contribution >= 0.6 is 0 Å². The van der Waals surface area contributed by atoms with Crippen LogP contribution in [0.3, 0.4) is 0 Å². The summed E-state index contributed by atoms with van der Waals surface area (Å²) in [5.41, 5.74) is 4.52. The van der Waals surface area contributed by atoms with E-state index in [1.165, 1.54) is 0 Å². The molecule has 0 aliphatic rings. The summed E-state index contributed by atoms with van der Waals surface area (Å²) in [4.78, 5) is 16.2. The maximum atomic E-state index is 11.6. The van der Waals surface area contributed by atoms with Gasteiger partial charge in [0.1, 0.15) is 5.75 Å². The molecule has 134 valence electrons. The van der Waals surface area contributed by atoms with E-state index in [0.29, 0.717) is 12.0 Å². The zero-order valence-corrected chi connectivity index (χ0v) is 15.2. The van der Waals surface area contributed by atoms with E-state index in [-0.39, 0.29) is 5.78 Å². The second kappa shape index (κ2) is 7.03. The number of methoxy groups -OCH3 is 1. The smallest absolute Gasteiger partial charge is 0.159 e. The quantitative estimate of drug-likeness (QED) is 0.502. The number of hydrogen-bond acceptors (Lipinski definition) is 4. The predicted molar refractivity (Wildman–Crippen MR) is 104 cm³/mol. The Morgan fingerprint density at radius 2 is 1.81 bits per heavy atom. The minimum Gasteiger partial charge on any atom is -0.497 e. The molecule has 0 bridgehead atoms. The highest BCUT2D eigenvalue weighted by molar-refractivity contribution is 5.94. The van der Waals surface area contributed by atoms with Gasteiger partial charge < -0.3 is 4.74 Å². The first kappa shape index (κ1) is 17.0. The molecule has 0 unspecified atom stereocenters. The third-order valence-corrected chi connectivity index (χ3v) is 4.49. The maximum Gasteiger partial charge on any atom is 0.159 e. The Morgan fingerprint density at radius 1 is 1.04 bits per heavy atom. The second-order valence-electron chi connectivity index (χ2n) is 6.37. The van der Waals surface area contributed by atoms with Gasteiger partial charge in [-0.15, -0.1) is 0 Å². The summed E-state index contributed by atoms with van der Waals surface area (Å²) >= 11 is 0. The largest absolute Gasteiger partial charge is 0.497 e. The Hall–Kier alpha value is -3.47. The molecule has 0 aliphatic heterocycles. The molecule has 0 amide bonds. The monoisotopic (exact) mass is 357 g/mol. The molecule has 0 aliphatic carbocycles. The molecule has 0 saturated carbocycles. The first-order chi connectivity index (χ1) is 13.1. The number of benzene rings is 2. The fraction of sp³-hybridized carbons (Fsp3) is 0.136. The molecule has 0 atom stereocenters. The summed E-state index contributed by atoms with van der Waals surface area (Å²) < 4.78 is 7.08. The Bertz CT molecular complexity index is 1110. The SMILES string of the molecule is COc1ccc(-c2cccc3nc(Cc4cccc(C(C)=O)c4)nn23)cc1. The molecule has 0 saturated heterocycles. The lowest BCUT2D eigenvalue weighted by Crippen LogP contribution is -1.97. The van der Waals surface area contributed by atoms with Crippen molar-refractivity contribution in [3.05, 3.63) is 83.7 Å². The van der Waals surface area contributed by atoms with Crippen molar-refractivity contribution in [2.75, 3.05) is 7.11 Å². The van der Waals surface area contributed by atoms with E-state index in [1.54, 1.807) is 14.0 Å². The van der Waals surface area contributed by atoms with Gasteiger partial charge in [-0.1, -0.05) is 24.3 Å². The summed E-state index contributed by atoms with van der Waals surface area (Å²) in [7, 11) is 1.65. The fourth-order valence-corrected chi connectivity index (χ4v) is 3.09. The van der Waals surface area contributed by atoms with E-state index >= 15 is 0 Å². The molecule has 0 fully saturated rings. The number of fused-ring (bicyclic) bond motifs is 1. The average molecular weight is 357 g/mol. The van der Waals surface area contributed by atoms with E-state index in [0.717, 1.165) is 34.0 Å². The normalized spacial score (nSPS) is 10.9. The van der Waals surface area contributed by atoms with Crippen molar-refractivity contribution in [3.8, 4) is 17.0 Å². The summed E-state index contributed by atoms with van der Waals surface area (Å²) in [5, 5.41) is 4.69. The van der Waals surface area contributed by atoms with Crippen molar-refractivity contribution in [3.63, 3.8) is 0 Å². The molecule has 4 rings (SSSR count). The van der Waals surface area contributed by atoms with Gasteiger partial charge in [-0.3, -0.25) is 4.79 Å². The Morgan fingerprint density at radius 3 is 2.56 bits per heavy atom. The van der Waals surface area contributed by atoms with Crippen LogP contribution in [-0.2, 0) is 6.42 Å². The van der Waals surface area contributed by atoms with Crippen LogP contribution in [0, 0.1) is 0 Å². The van der Waals surface area contributed by atoms with E-state index in [9.17, 15) is 4.79 Å². The van der Waals surface area contributed by atoms with E-state index in [4.69, 9.17) is 9.84 Å². The number of carbonyl (C=O) groups excluding carboxylic acids is 1. The summed E-state index contributed by atoms with van der Waals surface area (Å²) in [6.07, 6.45) is 0.574. The number of Topliss-reactive ketones (excluding diaryl/α,β-unsaturated/α-hetero) is 1. The van der Waals surface area contributed by atoms with Gasteiger partial charge in [0.05, 0.1) is 12.8 Å². The highest BCUT2D eigenvalue weighted by Crippen LogP contribution is 2.23. The highest BCUT2D eigenvalue weighted by Gasteiger charge is 2.10. The van der Waals surface area contributed by atoms with Crippen LogP contribution in [0.4, 0.5) is 0 Å². The lowest BCUT2D eigenvalue weighted by Gasteiger charge is -2.05. The van der Waals surface area contributed by atoms with Crippen LogP contribution in [0.25, 0.3) is 16.9 Å². The van der Waals surface area contributed by atoms with Crippen LogP contribution in [0.5, 0.6) is 5.75 Å². The maximum absolute atomic E-state index is 11.6. The van der Waals surface area contributed by atoms with Crippen LogP contribution in [0.2, 0.25) is 0 Å². The number of hydrogen-bond donors (Lipinski definition) is 0. The number of nitrogens with zero attached hydrogens (tertiary/aromatic N) is 3. The second-order valence-corrected chi connectivity index (χ2v) is 6.37. The number of carbonyl (C=O) groups is 1. The van der Waals surface area contributed by atoms with Crippen LogP contribution in [0.1, 0.15) is 28.7 Å². The minimum absolute atomic E-state index is 0.0570. The fourth-order valence-electron chi connectivity index (χ4n) is 3.09. The van der Waals surface area contributed by atoms with E-state index in [2.05, 4.69) is 4.98 Å². The predicted octanol–water partition coefficient (Wildman–Crippen LogP) is 4.20. The first-order valence-electron chi connectivity index (χ1n) is 8.73. The Kier molecular flexibility index (Phi) is 4.42. The third-order valence-electron chi connectivity index (χ3n) is 4.49. The summed E-state index contributed by atoms with van der Waals surface area (Å²) in [6.45, 7) is 1.57. The molecule has 2 heterocycles. The number of ether oxygens (including phenoxy) is 1. The van der Waals surface area contributed by atoms with Gasteiger partial charge in [0, 0.05) is 17.5 Å². The Labute approximate surface area is 157 Å². The lowest BCUT2D eigenvalue weighted by atomic mass is 10.1. The van der Waals surface area contributed by atoms with Crippen molar-refractivity contribution in [2.24, 2.45) is 0 Å². The standard InChI is InChI=1S/C22H19N3O2/c1-15(26)18-6-3-5-16(13-18)14-21-23-22-8-4-7-20(25(22)24-21)17-9-11-19(27-2)12-10-17/h3-13H,14H2,1-2H3. The highest BCUT2D eigenvalue weighted by atomic mass is 16.5. The molecule has 0 spiro atoms. The van der Waals surface area contributed by atoms with Crippen LogP contribution < -0.4 is 4.74 Å². The number of pyridine rings is 1. The Balaban J connectivity index is 1.70. The van der Waals surface area contributed by atoms with Crippen molar-refractivity contribution in [1.82, 2.24) is 14.6 Å². The number of rotatable bonds is 5. The van der Waals surface area contributed by atoms with Gasteiger partial charge in [0.2, 0.25) is 0 Å². The molecular weight excluding hydrogens is 338 g/mol. The van der Waals surface area contributed by atoms with Crippen molar-refractivity contribution in [2.45, 2.75) is 13.3 Å². The molecular formula is C22H19N3O2. The number of ketones is 1. The van der Waals surface area contributed by atoms with Gasteiger partial charge >= 0.3 is 0 Å². The van der Waals surface area contributed by atoms with Crippen LogP contribution in [-0.4, -0.2) is 27.5 Å². The van der Waals surface area contributed by atoms with Gasteiger partial charge in [0.25, 0.3) is 0 Å². The summed E-state index contributed by atoms with van der Waals surface area (Å²) in [5.74, 6) is 1.59. The zero-order chi connectivity index (χ0) is 18.8. The van der Waals surface area contributed by atoms with Gasteiger partial charge in [-0.05, 0) is 55.0 Å². The summed E-state index contributed by atoms with van der Waals surface area (Å²) in [6, 6.07) is 21.4. The third kappa shape index (κ3) is 3.44. The topological polar surface area (TPSA) is 56.5 Å². The first-order valence-corrected chi connectivity index (χ1v) is 8.73. The molecule has 0 radical (unpaired) electrons. The van der Waals surface area contributed by atoms with E-state index < -0.39 is 0 Å². The van der Waals surface area contributed by atoms with Crippen molar-refractivity contribution in [1.29, 1.82) is 0 Å². The van der Waals surface area contributed by atoms with Gasteiger partial charge in [0.15, 0.2) is 17.3 Å². The van der Waals surface area contributed by atoms with Crippen molar-refractivity contribution >= 4 is 11.4 Å². The van der Waals surface area contributed by atoms with Gasteiger partial charge in [-0.2, -0.15) is 5.10 Å². The molecule has 5 heteroatoms. The average Bonchev–Trinajstić information content (AvgIpc) is 3.10. The van der Waals surface area contributed by atoms with Crippen molar-refractivity contribution < 1.29 is 9.53 Å².